The standard InChI is InChI=1S/C30H44N2O/c1-2-3-4-5-6-7-8-9-10-11-12-13-14-15-16-21-30(33)32-25-28(26-22-23-31-24-26)27-19-17-18-20-29(27)32/h6-7,9-10,17-20,25-26,31H,2-5,8,11-16,21-24H2,1H3/b7-6-,10-9-/i17D,18D,19D,20D,25D. The van der Waals surface area contributed by atoms with E-state index in [0.29, 0.717) is 23.9 Å². The number of hydrogen-bond donors (Lipinski definition) is 1. The number of carbonyl (C=O) groups excluding carboxylic acids is 1. The number of allylic oxidation sites excluding steroid dienone is 4. The Labute approximate surface area is 208 Å². The lowest BCUT2D eigenvalue weighted by Gasteiger charge is -2.06. The molecule has 0 amide bonds. The van der Waals surface area contributed by atoms with E-state index in [4.69, 9.17) is 6.85 Å². The number of fused-ring (bicyclic) bond motifs is 1. The zero-order valence-corrected chi connectivity index (χ0v) is 20.3. The first-order valence-electron chi connectivity index (χ1n) is 15.5. The molecule has 0 bridgehead atoms. The van der Waals surface area contributed by atoms with E-state index in [-0.39, 0.29) is 54.1 Å². The van der Waals surface area contributed by atoms with E-state index in [2.05, 4.69) is 36.5 Å². The monoisotopic (exact) mass is 453 g/mol. The summed E-state index contributed by atoms with van der Waals surface area (Å²) in [6.07, 6.45) is 22.2. The Morgan fingerprint density at radius 1 is 1.03 bits per heavy atom. The van der Waals surface area contributed by atoms with Crippen LogP contribution in [0.1, 0.15) is 114 Å². The summed E-state index contributed by atoms with van der Waals surface area (Å²) in [5.41, 5.74) is 0.737. The topological polar surface area (TPSA) is 34.0 Å². The second-order valence-electron chi connectivity index (χ2n) is 9.15. The van der Waals surface area contributed by atoms with Gasteiger partial charge in [0.1, 0.15) is 0 Å². The zero-order chi connectivity index (χ0) is 27.5. The van der Waals surface area contributed by atoms with E-state index >= 15 is 0 Å². The molecule has 3 rings (SSSR count). The van der Waals surface area contributed by atoms with Crippen LogP contribution >= 0.6 is 0 Å². The molecule has 1 saturated heterocycles. The van der Waals surface area contributed by atoms with Crippen molar-refractivity contribution in [3.05, 3.63) is 60.2 Å². The lowest BCUT2D eigenvalue weighted by atomic mass is 9.98. The molecule has 0 saturated carbocycles. The molecular formula is C30H44N2O. The third-order valence-corrected chi connectivity index (χ3v) is 6.45. The molecule has 0 radical (unpaired) electrons. The van der Waals surface area contributed by atoms with Gasteiger partial charge in [0.15, 0.2) is 0 Å². The van der Waals surface area contributed by atoms with Crippen LogP contribution in [0.25, 0.3) is 10.9 Å². The highest BCUT2D eigenvalue weighted by Gasteiger charge is 2.22. The first kappa shape index (κ1) is 19.2. The van der Waals surface area contributed by atoms with Crippen LogP contribution in [0.3, 0.4) is 0 Å². The smallest absolute Gasteiger partial charge is 0.231 e. The predicted octanol–water partition coefficient (Wildman–Crippen LogP) is 8.17. The number of nitrogens with zero attached hydrogens (tertiary/aromatic N) is 1. The first-order valence-corrected chi connectivity index (χ1v) is 13.0. The average Bonchev–Trinajstić information content (AvgIpc) is 3.54. The van der Waals surface area contributed by atoms with Crippen LogP contribution in [-0.2, 0) is 0 Å². The number of nitrogens with one attached hydrogen (secondary N) is 1. The van der Waals surface area contributed by atoms with Gasteiger partial charge >= 0.3 is 0 Å². The minimum Gasteiger partial charge on any atom is -0.316 e. The summed E-state index contributed by atoms with van der Waals surface area (Å²) < 4.78 is 43.3. The summed E-state index contributed by atoms with van der Waals surface area (Å²) in [5, 5.41) is 3.60. The quantitative estimate of drug-likeness (QED) is 0.218. The van der Waals surface area contributed by atoms with Gasteiger partial charge in [0, 0.05) is 24.5 Å². The number of rotatable bonds is 15. The summed E-state index contributed by atoms with van der Waals surface area (Å²) in [6, 6.07) is -1.06. The largest absolute Gasteiger partial charge is 0.316 e. The van der Waals surface area contributed by atoms with E-state index < -0.39 is 0 Å². The van der Waals surface area contributed by atoms with Crippen molar-refractivity contribution in [1.82, 2.24) is 9.88 Å². The van der Waals surface area contributed by atoms with Crippen LogP contribution in [0.5, 0.6) is 0 Å². The second-order valence-corrected chi connectivity index (χ2v) is 9.15. The van der Waals surface area contributed by atoms with Gasteiger partial charge in [-0.2, -0.15) is 0 Å². The van der Waals surface area contributed by atoms with Crippen LogP contribution < -0.4 is 5.32 Å². The van der Waals surface area contributed by atoms with Crippen LogP contribution in [0, 0.1) is 0 Å². The van der Waals surface area contributed by atoms with E-state index in [1.807, 2.05) is 0 Å². The van der Waals surface area contributed by atoms with Crippen LogP contribution in [-0.4, -0.2) is 23.6 Å². The normalized spacial score (nSPS) is 18.7. The lowest BCUT2D eigenvalue weighted by molar-refractivity contribution is 0.0904. The Bertz CT molecular complexity index is 1130. The van der Waals surface area contributed by atoms with E-state index in [0.717, 1.165) is 51.5 Å². The maximum absolute atomic E-state index is 13.3. The molecule has 180 valence electrons. The van der Waals surface area contributed by atoms with Crippen molar-refractivity contribution in [2.75, 3.05) is 13.1 Å². The van der Waals surface area contributed by atoms with Gasteiger partial charge in [0.05, 0.1) is 12.4 Å². The molecule has 1 aromatic carbocycles. The number of para-hydroxylation sites is 1. The van der Waals surface area contributed by atoms with Gasteiger partial charge in [-0.3, -0.25) is 9.36 Å². The Morgan fingerprint density at radius 2 is 1.76 bits per heavy atom. The van der Waals surface area contributed by atoms with Gasteiger partial charge in [-0.15, -0.1) is 0 Å². The molecular weight excluding hydrogens is 404 g/mol. The molecule has 1 aliphatic heterocycles. The maximum Gasteiger partial charge on any atom is 0.231 e. The molecule has 1 aliphatic rings. The Morgan fingerprint density at radius 3 is 2.52 bits per heavy atom. The average molecular weight is 454 g/mol. The number of aromatic nitrogens is 1. The van der Waals surface area contributed by atoms with Crippen molar-refractivity contribution in [2.24, 2.45) is 0 Å². The molecule has 2 heterocycles. The Kier molecular flexibility index (Phi) is 8.67. The van der Waals surface area contributed by atoms with Crippen molar-refractivity contribution < 1.29 is 11.6 Å². The van der Waals surface area contributed by atoms with Crippen molar-refractivity contribution in [1.29, 1.82) is 0 Å². The van der Waals surface area contributed by atoms with Crippen molar-refractivity contribution in [3.63, 3.8) is 0 Å². The van der Waals surface area contributed by atoms with E-state index in [1.54, 1.807) is 0 Å². The Hall–Kier alpha value is -2.13. The minimum absolute atomic E-state index is 0.0216. The van der Waals surface area contributed by atoms with Gasteiger partial charge in [0.2, 0.25) is 5.91 Å². The van der Waals surface area contributed by atoms with Crippen LogP contribution in [0.2, 0.25) is 0 Å². The third kappa shape index (κ3) is 8.30. The molecule has 33 heavy (non-hydrogen) atoms. The molecule has 0 aliphatic carbocycles. The highest BCUT2D eigenvalue weighted by Crippen LogP contribution is 2.31. The van der Waals surface area contributed by atoms with Crippen molar-refractivity contribution >= 4 is 16.8 Å². The molecule has 1 unspecified atom stereocenters. The lowest BCUT2D eigenvalue weighted by Crippen LogP contribution is -2.09. The second kappa shape index (κ2) is 14.9. The molecule has 1 atom stereocenters. The maximum atomic E-state index is 13.3. The summed E-state index contributed by atoms with van der Waals surface area (Å²) >= 11 is 0. The summed E-state index contributed by atoms with van der Waals surface area (Å²) in [5.74, 6) is -0.290. The van der Waals surface area contributed by atoms with Crippen molar-refractivity contribution in [3.8, 4) is 0 Å². The SMILES string of the molecule is [2H]c1c([2H])c([2H])c2c(c1[2H])c(C1CCNC1)c([2H])n2C(=O)CCCCCCC/C=C\C/C=C\CCCCC. The highest BCUT2D eigenvalue weighted by atomic mass is 16.2. The van der Waals surface area contributed by atoms with Gasteiger partial charge in [0.25, 0.3) is 0 Å². The van der Waals surface area contributed by atoms with E-state index in [1.165, 1.54) is 30.3 Å². The fourth-order valence-corrected chi connectivity index (χ4v) is 4.48. The molecule has 3 nitrogen and oxygen atoms in total. The van der Waals surface area contributed by atoms with Crippen molar-refractivity contribution in [2.45, 2.75) is 96.3 Å². The summed E-state index contributed by atoms with van der Waals surface area (Å²) in [7, 11) is 0. The highest BCUT2D eigenvalue weighted by molar-refractivity contribution is 5.94. The molecule has 1 fully saturated rings. The number of benzene rings is 1. The fourth-order valence-electron chi connectivity index (χ4n) is 4.48. The predicted molar refractivity (Wildman–Crippen MR) is 142 cm³/mol. The number of unbranched alkanes of at least 4 members (excludes halogenated alkanes) is 8. The summed E-state index contributed by atoms with van der Waals surface area (Å²) in [4.78, 5) is 13.3. The number of carbonyl (C=O) groups is 1. The molecule has 3 heteroatoms. The first-order chi connectivity index (χ1) is 18.4. The van der Waals surface area contributed by atoms with Gasteiger partial charge < -0.3 is 5.32 Å². The van der Waals surface area contributed by atoms with Gasteiger partial charge in [-0.25, -0.2) is 0 Å². The third-order valence-electron chi connectivity index (χ3n) is 6.45. The molecule has 2 aromatic rings. The summed E-state index contributed by atoms with van der Waals surface area (Å²) in [6.45, 7) is 3.66. The molecule has 1 N–H and O–H groups in total. The number of hydrogen-bond acceptors (Lipinski definition) is 2. The van der Waals surface area contributed by atoms with Crippen LogP contribution in [0.4, 0.5) is 0 Å². The van der Waals surface area contributed by atoms with E-state index in [9.17, 15) is 4.79 Å². The Balaban J connectivity index is 1.51. The molecule has 0 spiro atoms. The van der Waals surface area contributed by atoms with Gasteiger partial charge in [-0.1, -0.05) is 81.5 Å². The van der Waals surface area contributed by atoms with Gasteiger partial charge in [-0.05, 0) is 69.0 Å². The van der Waals surface area contributed by atoms with Crippen LogP contribution in [0.15, 0.2) is 54.6 Å². The zero-order valence-electron chi connectivity index (χ0n) is 25.3. The molecule has 1 aromatic heterocycles. The fraction of sp³-hybridized carbons (Fsp3) is 0.567. The minimum atomic E-state index is -0.359.